The number of aryl methyl sites for hydroxylation is 2. The summed E-state index contributed by atoms with van der Waals surface area (Å²) < 4.78 is 0. The van der Waals surface area contributed by atoms with E-state index in [1.807, 2.05) is 12.4 Å². The summed E-state index contributed by atoms with van der Waals surface area (Å²) in [6.45, 7) is 4.55. The molecule has 0 spiro atoms. The van der Waals surface area contributed by atoms with Crippen molar-refractivity contribution in [2.24, 2.45) is 11.8 Å². The van der Waals surface area contributed by atoms with Crippen molar-refractivity contribution in [2.75, 3.05) is 0 Å². The standard InChI is InChI=1S/C28H42N2/c1-3-5-7-9-23-11-13-24(14-12-23)15-16-25-17-19-27(20-18-25)28-29-21-26(22-30-28)10-8-6-4-2/h17-24H,3-16H2,1-2H3. The van der Waals surface area contributed by atoms with E-state index >= 15 is 0 Å². The first-order valence-electron chi connectivity index (χ1n) is 12.7. The normalized spacial score (nSPS) is 19.1. The second-order valence-electron chi connectivity index (χ2n) is 9.49. The summed E-state index contributed by atoms with van der Waals surface area (Å²) in [7, 11) is 0. The van der Waals surface area contributed by atoms with Gasteiger partial charge in [0, 0.05) is 18.0 Å². The molecule has 1 aliphatic carbocycles. The lowest BCUT2D eigenvalue weighted by molar-refractivity contribution is 0.249. The van der Waals surface area contributed by atoms with Crippen molar-refractivity contribution < 1.29 is 0 Å². The quantitative estimate of drug-likeness (QED) is 0.332. The van der Waals surface area contributed by atoms with Gasteiger partial charge in [-0.3, -0.25) is 0 Å². The zero-order valence-corrected chi connectivity index (χ0v) is 19.4. The van der Waals surface area contributed by atoms with Gasteiger partial charge in [-0.05, 0) is 48.6 Å². The van der Waals surface area contributed by atoms with Crippen LogP contribution in [0.15, 0.2) is 36.7 Å². The molecule has 3 rings (SSSR count). The highest BCUT2D eigenvalue weighted by atomic mass is 14.9. The maximum absolute atomic E-state index is 4.60. The highest BCUT2D eigenvalue weighted by Gasteiger charge is 2.20. The first kappa shape index (κ1) is 23.0. The van der Waals surface area contributed by atoms with Crippen molar-refractivity contribution in [3.8, 4) is 11.4 Å². The fourth-order valence-corrected chi connectivity index (χ4v) is 4.90. The van der Waals surface area contributed by atoms with E-state index in [2.05, 4.69) is 48.1 Å². The van der Waals surface area contributed by atoms with Gasteiger partial charge in [0.25, 0.3) is 0 Å². The van der Waals surface area contributed by atoms with Crippen LogP contribution in [-0.2, 0) is 12.8 Å². The van der Waals surface area contributed by atoms with Crippen molar-refractivity contribution >= 4 is 0 Å². The minimum Gasteiger partial charge on any atom is -0.236 e. The molecule has 1 aromatic carbocycles. The molecule has 30 heavy (non-hydrogen) atoms. The number of nitrogens with zero attached hydrogens (tertiary/aromatic N) is 2. The van der Waals surface area contributed by atoms with Crippen LogP contribution in [0.25, 0.3) is 11.4 Å². The topological polar surface area (TPSA) is 25.8 Å². The summed E-state index contributed by atoms with van der Waals surface area (Å²) in [5, 5.41) is 0. The average Bonchev–Trinajstić information content (AvgIpc) is 2.80. The lowest BCUT2D eigenvalue weighted by Crippen LogP contribution is -2.15. The van der Waals surface area contributed by atoms with Crippen LogP contribution in [0, 0.1) is 11.8 Å². The number of hydrogen-bond acceptors (Lipinski definition) is 2. The zero-order valence-electron chi connectivity index (χ0n) is 19.4. The van der Waals surface area contributed by atoms with Gasteiger partial charge in [-0.25, -0.2) is 9.97 Å². The van der Waals surface area contributed by atoms with Crippen LogP contribution in [0.2, 0.25) is 0 Å². The summed E-state index contributed by atoms with van der Waals surface area (Å²) in [4.78, 5) is 9.20. The fraction of sp³-hybridized carbons (Fsp3) is 0.643. The van der Waals surface area contributed by atoms with Gasteiger partial charge in [0.15, 0.2) is 5.82 Å². The first-order valence-corrected chi connectivity index (χ1v) is 12.7. The molecular formula is C28H42N2. The molecule has 2 aromatic rings. The van der Waals surface area contributed by atoms with Crippen molar-refractivity contribution in [3.63, 3.8) is 0 Å². The lowest BCUT2D eigenvalue weighted by Gasteiger charge is -2.28. The third-order valence-corrected chi connectivity index (χ3v) is 7.01. The Kier molecular flexibility index (Phi) is 9.86. The first-order chi connectivity index (χ1) is 14.8. The van der Waals surface area contributed by atoms with Gasteiger partial charge < -0.3 is 0 Å². The predicted molar refractivity (Wildman–Crippen MR) is 129 cm³/mol. The molecule has 1 aliphatic rings. The molecule has 164 valence electrons. The Bertz CT molecular complexity index is 696. The van der Waals surface area contributed by atoms with E-state index in [0.29, 0.717) is 0 Å². The second kappa shape index (κ2) is 12.9. The van der Waals surface area contributed by atoms with Gasteiger partial charge in [-0.1, -0.05) is 102 Å². The summed E-state index contributed by atoms with van der Waals surface area (Å²) in [6, 6.07) is 8.96. The molecule has 2 heteroatoms. The Morgan fingerprint density at radius 1 is 0.667 bits per heavy atom. The molecule has 0 aliphatic heterocycles. The van der Waals surface area contributed by atoms with Crippen molar-refractivity contribution in [2.45, 2.75) is 104 Å². The minimum atomic E-state index is 0.849. The number of unbranched alkanes of at least 4 members (excludes halogenated alkanes) is 4. The van der Waals surface area contributed by atoms with E-state index in [4.69, 9.17) is 0 Å². The van der Waals surface area contributed by atoms with E-state index in [-0.39, 0.29) is 0 Å². The monoisotopic (exact) mass is 406 g/mol. The zero-order chi connectivity index (χ0) is 21.0. The molecule has 0 atom stereocenters. The highest BCUT2D eigenvalue weighted by molar-refractivity contribution is 5.55. The summed E-state index contributed by atoms with van der Waals surface area (Å²) >= 11 is 0. The van der Waals surface area contributed by atoms with Crippen LogP contribution < -0.4 is 0 Å². The molecule has 1 saturated carbocycles. The second-order valence-corrected chi connectivity index (χ2v) is 9.49. The van der Waals surface area contributed by atoms with Crippen LogP contribution in [0.1, 0.15) is 102 Å². The Morgan fingerprint density at radius 2 is 1.27 bits per heavy atom. The maximum Gasteiger partial charge on any atom is 0.159 e. The average molecular weight is 407 g/mol. The van der Waals surface area contributed by atoms with Gasteiger partial charge in [-0.2, -0.15) is 0 Å². The third-order valence-electron chi connectivity index (χ3n) is 7.01. The smallest absolute Gasteiger partial charge is 0.159 e. The number of hydrogen-bond donors (Lipinski definition) is 0. The van der Waals surface area contributed by atoms with Gasteiger partial charge in [0.05, 0.1) is 0 Å². The van der Waals surface area contributed by atoms with Crippen LogP contribution in [0.5, 0.6) is 0 Å². The number of aromatic nitrogens is 2. The van der Waals surface area contributed by atoms with E-state index in [1.165, 1.54) is 94.6 Å². The van der Waals surface area contributed by atoms with E-state index in [0.717, 1.165) is 29.6 Å². The van der Waals surface area contributed by atoms with Gasteiger partial charge in [0.1, 0.15) is 0 Å². The maximum atomic E-state index is 4.60. The Labute approximate surface area is 184 Å². The molecule has 0 amide bonds. The van der Waals surface area contributed by atoms with E-state index < -0.39 is 0 Å². The number of rotatable bonds is 12. The molecule has 0 unspecified atom stereocenters. The van der Waals surface area contributed by atoms with E-state index in [1.54, 1.807) is 0 Å². The van der Waals surface area contributed by atoms with Gasteiger partial charge in [-0.15, -0.1) is 0 Å². The Hall–Kier alpha value is -1.70. The van der Waals surface area contributed by atoms with Crippen LogP contribution in [0.4, 0.5) is 0 Å². The van der Waals surface area contributed by atoms with Crippen LogP contribution in [-0.4, -0.2) is 9.97 Å². The molecule has 0 bridgehead atoms. The SMILES string of the molecule is CCCCCc1cnc(-c2ccc(CCC3CCC(CCCCC)CC3)cc2)nc1. The summed E-state index contributed by atoms with van der Waals surface area (Å²) in [6.07, 6.45) is 23.0. The van der Waals surface area contributed by atoms with Crippen LogP contribution >= 0.6 is 0 Å². The van der Waals surface area contributed by atoms with Crippen molar-refractivity contribution in [1.82, 2.24) is 9.97 Å². The largest absolute Gasteiger partial charge is 0.236 e. The molecule has 1 fully saturated rings. The number of benzene rings is 1. The Balaban J connectivity index is 1.41. The Morgan fingerprint density at radius 3 is 1.90 bits per heavy atom. The minimum absolute atomic E-state index is 0.849. The summed E-state index contributed by atoms with van der Waals surface area (Å²) in [5.41, 5.74) is 3.84. The predicted octanol–water partition coefficient (Wildman–Crippen LogP) is 8.20. The third kappa shape index (κ3) is 7.52. The van der Waals surface area contributed by atoms with Crippen LogP contribution in [0.3, 0.4) is 0 Å². The molecule has 0 N–H and O–H groups in total. The van der Waals surface area contributed by atoms with Crippen molar-refractivity contribution in [1.29, 1.82) is 0 Å². The lowest BCUT2D eigenvalue weighted by atomic mass is 9.78. The van der Waals surface area contributed by atoms with Crippen molar-refractivity contribution in [3.05, 3.63) is 47.8 Å². The molecule has 0 saturated heterocycles. The molecule has 2 nitrogen and oxygen atoms in total. The molecule has 1 heterocycles. The summed E-state index contributed by atoms with van der Waals surface area (Å²) in [5.74, 6) is 2.81. The molecule has 0 radical (unpaired) electrons. The van der Waals surface area contributed by atoms with E-state index in [9.17, 15) is 0 Å². The van der Waals surface area contributed by atoms with Gasteiger partial charge >= 0.3 is 0 Å². The van der Waals surface area contributed by atoms with Gasteiger partial charge in [0.2, 0.25) is 0 Å². The highest BCUT2D eigenvalue weighted by Crippen LogP contribution is 2.34. The fourth-order valence-electron chi connectivity index (χ4n) is 4.90. The molecule has 1 aromatic heterocycles. The molecular weight excluding hydrogens is 364 g/mol.